The molecule has 100 valence electrons. The summed E-state index contributed by atoms with van der Waals surface area (Å²) in [6.07, 6.45) is 1.78. The number of nitrogens with two attached hydrogens (primary N) is 1. The molecule has 2 aromatic carbocycles. The van der Waals surface area contributed by atoms with Gasteiger partial charge in [0.1, 0.15) is 0 Å². The van der Waals surface area contributed by atoms with Crippen LogP contribution in [0.1, 0.15) is 5.56 Å². The lowest BCUT2D eigenvalue weighted by Gasteiger charge is -2.10. The van der Waals surface area contributed by atoms with Crippen LogP contribution in [0.5, 0.6) is 0 Å². The highest BCUT2D eigenvalue weighted by molar-refractivity contribution is 6.30. The number of halogens is 1. The van der Waals surface area contributed by atoms with E-state index in [4.69, 9.17) is 17.3 Å². The van der Waals surface area contributed by atoms with Gasteiger partial charge >= 0.3 is 0 Å². The van der Waals surface area contributed by atoms with Crippen molar-refractivity contribution in [2.24, 2.45) is 0 Å². The molecule has 0 atom stereocenters. The minimum atomic E-state index is 0.722. The third-order valence-corrected chi connectivity index (χ3v) is 3.41. The van der Waals surface area contributed by atoms with Gasteiger partial charge in [0.2, 0.25) is 0 Å². The normalized spacial score (nSPS) is 10.7. The number of nitrogen functional groups attached to an aromatic ring is 1. The predicted octanol–water partition coefficient (Wildman–Crippen LogP) is 4.08. The molecule has 0 saturated heterocycles. The van der Waals surface area contributed by atoms with Crippen LogP contribution in [0.15, 0.2) is 54.7 Å². The van der Waals surface area contributed by atoms with Crippen LogP contribution >= 0.6 is 11.6 Å². The van der Waals surface area contributed by atoms with Gasteiger partial charge in [-0.2, -0.15) is 0 Å². The fourth-order valence-electron chi connectivity index (χ4n) is 2.12. The molecule has 0 fully saturated rings. The van der Waals surface area contributed by atoms with Crippen LogP contribution in [0.2, 0.25) is 5.02 Å². The molecule has 20 heavy (non-hydrogen) atoms. The highest BCUT2D eigenvalue weighted by Gasteiger charge is 2.02. The quantitative estimate of drug-likeness (QED) is 0.712. The van der Waals surface area contributed by atoms with Crippen molar-refractivity contribution in [3.8, 4) is 0 Å². The van der Waals surface area contributed by atoms with Gasteiger partial charge in [0.15, 0.2) is 0 Å². The summed E-state index contributed by atoms with van der Waals surface area (Å²) >= 11 is 5.88. The predicted molar refractivity (Wildman–Crippen MR) is 84.9 cm³/mol. The Labute approximate surface area is 122 Å². The molecule has 0 saturated carbocycles. The van der Waals surface area contributed by atoms with Gasteiger partial charge in [-0.3, -0.25) is 4.98 Å². The molecule has 3 rings (SSSR count). The zero-order valence-corrected chi connectivity index (χ0v) is 11.6. The van der Waals surface area contributed by atoms with Crippen molar-refractivity contribution in [3.05, 3.63) is 65.3 Å². The van der Waals surface area contributed by atoms with Gasteiger partial charge in [-0.25, -0.2) is 0 Å². The monoisotopic (exact) mass is 283 g/mol. The van der Waals surface area contributed by atoms with E-state index in [0.29, 0.717) is 0 Å². The standard InChI is InChI=1S/C16H14ClN3/c17-12-3-1-11(2-4-12)10-20-15-7-8-19-16-9-13(18)5-6-14(15)16/h1-9H,10,18H2,(H,19,20). The first-order valence-electron chi connectivity index (χ1n) is 6.35. The number of pyridine rings is 1. The van der Waals surface area contributed by atoms with Gasteiger partial charge in [-0.1, -0.05) is 23.7 Å². The molecule has 0 aliphatic carbocycles. The van der Waals surface area contributed by atoms with Crippen molar-refractivity contribution < 1.29 is 0 Å². The zero-order valence-electron chi connectivity index (χ0n) is 10.8. The smallest absolute Gasteiger partial charge is 0.0743 e. The number of nitrogens with zero attached hydrogens (tertiary/aromatic N) is 1. The highest BCUT2D eigenvalue weighted by atomic mass is 35.5. The summed E-state index contributed by atoms with van der Waals surface area (Å²) in [7, 11) is 0. The van der Waals surface area contributed by atoms with Crippen molar-refractivity contribution in [2.75, 3.05) is 11.1 Å². The van der Waals surface area contributed by atoms with Crippen LogP contribution in [0.3, 0.4) is 0 Å². The lowest BCUT2D eigenvalue weighted by molar-refractivity contribution is 1.15. The fraction of sp³-hybridized carbons (Fsp3) is 0.0625. The Morgan fingerprint density at radius 3 is 2.65 bits per heavy atom. The second kappa shape index (κ2) is 5.39. The van der Waals surface area contributed by atoms with E-state index in [-0.39, 0.29) is 0 Å². The van der Waals surface area contributed by atoms with Crippen LogP contribution in [0.25, 0.3) is 10.9 Å². The summed E-state index contributed by atoms with van der Waals surface area (Å²) in [6, 6.07) is 15.5. The van der Waals surface area contributed by atoms with Gasteiger partial charge in [-0.05, 0) is 42.0 Å². The average Bonchev–Trinajstić information content (AvgIpc) is 2.46. The minimum absolute atomic E-state index is 0.722. The largest absolute Gasteiger partial charge is 0.399 e. The molecule has 0 aliphatic heterocycles. The maximum absolute atomic E-state index is 5.88. The summed E-state index contributed by atoms with van der Waals surface area (Å²) in [5.74, 6) is 0. The molecule has 0 spiro atoms. The Morgan fingerprint density at radius 2 is 1.85 bits per heavy atom. The molecular weight excluding hydrogens is 270 g/mol. The van der Waals surface area contributed by atoms with Gasteiger partial charge in [0, 0.05) is 34.5 Å². The first-order valence-corrected chi connectivity index (χ1v) is 6.73. The molecule has 3 N–H and O–H groups in total. The summed E-state index contributed by atoms with van der Waals surface area (Å²) in [6.45, 7) is 0.737. The summed E-state index contributed by atoms with van der Waals surface area (Å²) in [5.41, 5.74) is 9.62. The van der Waals surface area contributed by atoms with Crippen molar-refractivity contribution in [1.82, 2.24) is 4.98 Å². The Hall–Kier alpha value is -2.26. The topological polar surface area (TPSA) is 50.9 Å². The Balaban J connectivity index is 1.85. The maximum atomic E-state index is 5.88. The van der Waals surface area contributed by atoms with Crippen LogP contribution < -0.4 is 11.1 Å². The summed E-state index contributed by atoms with van der Waals surface area (Å²) in [5, 5.41) is 5.23. The SMILES string of the molecule is Nc1ccc2c(NCc3ccc(Cl)cc3)ccnc2c1. The molecule has 3 aromatic rings. The summed E-state index contributed by atoms with van der Waals surface area (Å²) < 4.78 is 0. The van der Waals surface area contributed by atoms with E-state index in [1.165, 1.54) is 5.56 Å². The lowest BCUT2D eigenvalue weighted by Crippen LogP contribution is -2.00. The third-order valence-electron chi connectivity index (χ3n) is 3.16. The Kier molecular flexibility index (Phi) is 3.44. The Morgan fingerprint density at radius 1 is 1.05 bits per heavy atom. The molecule has 0 aliphatic rings. The van der Waals surface area contributed by atoms with E-state index >= 15 is 0 Å². The summed E-state index contributed by atoms with van der Waals surface area (Å²) in [4.78, 5) is 4.33. The second-order valence-corrected chi connectivity index (χ2v) is 5.05. The number of nitrogens with one attached hydrogen (secondary N) is 1. The lowest BCUT2D eigenvalue weighted by atomic mass is 10.1. The first-order chi connectivity index (χ1) is 9.72. The highest BCUT2D eigenvalue weighted by Crippen LogP contribution is 2.24. The molecule has 3 nitrogen and oxygen atoms in total. The number of fused-ring (bicyclic) bond motifs is 1. The molecular formula is C16H14ClN3. The minimum Gasteiger partial charge on any atom is -0.399 e. The number of rotatable bonds is 3. The third kappa shape index (κ3) is 2.68. The van der Waals surface area contributed by atoms with E-state index in [1.807, 2.05) is 48.5 Å². The van der Waals surface area contributed by atoms with E-state index < -0.39 is 0 Å². The number of aromatic nitrogens is 1. The molecule has 0 unspecified atom stereocenters. The molecule has 0 radical (unpaired) electrons. The van der Waals surface area contributed by atoms with Crippen LogP contribution in [0, 0.1) is 0 Å². The van der Waals surface area contributed by atoms with Gasteiger partial charge < -0.3 is 11.1 Å². The number of benzene rings is 2. The molecule has 4 heteroatoms. The molecule has 1 aromatic heterocycles. The van der Waals surface area contributed by atoms with Crippen molar-refractivity contribution >= 4 is 33.9 Å². The van der Waals surface area contributed by atoms with Gasteiger partial charge in [0.25, 0.3) is 0 Å². The van der Waals surface area contributed by atoms with E-state index in [1.54, 1.807) is 6.20 Å². The fourth-order valence-corrected chi connectivity index (χ4v) is 2.24. The zero-order chi connectivity index (χ0) is 13.9. The van der Waals surface area contributed by atoms with Crippen LogP contribution in [0.4, 0.5) is 11.4 Å². The molecule has 0 bridgehead atoms. The van der Waals surface area contributed by atoms with Crippen molar-refractivity contribution in [2.45, 2.75) is 6.54 Å². The second-order valence-electron chi connectivity index (χ2n) is 4.62. The van der Waals surface area contributed by atoms with Crippen LogP contribution in [-0.2, 0) is 6.54 Å². The molecule has 0 amide bonds. The maximum Gasteiger partial charge on any atom is 0.0743 e. The van der Waals surface area contributed by atoms with Gasteiger partial charge in [0.05, 0.1) is 5.52 Å². The van der Waals surface area contributed by atoms with E-state index in [2.05, 4.69) is 10.3 Å². The average molecular weight is 284 g/mol. The van der Waals surface area contributed by atoms with Crippen LogP contribution in [-0.4, -0.2) is 4.98 Å². The first kappa shape index (κ1) is 12.8. The van der Waals surface area contributed by atoms with Gasteiger partial charge in [-0.15, -0.1) is 0 Å². The number of hydrogen-bond acceptors (Lipinski definition) is 3. The number of hydrogen-bond donors (Lipinski definition) is 2. The van der Waals surface area contributed by atoms with Crippen molar-refractivity contribution in [1.29, 1.82) is 0 Å². The Bertz CT molecular complexity index is 738. The molecule has 1 heterocycles. The number of anilines is 2. The van der Waals surface area contributed by atoms with Crippen molar-refractivity contribution in [3.63, 3.8) is 0 Å². The van der Waals surface area contributed by atoms with E-state index in [9.17, 15) is 0 Å². The van der Waals surface area contributed by atoms with E-state index in [0.717, 1.165) is 33.8 Å².